The molecular weight excluding hydrogens is 232 g/mol. The lowest BCUT2D eigenvalue weighted by atomic mass is 10.3. The van der Waals surface area contributed by atoms with Gasteiger partial charge in [0.2, 0.25) is 0 Å². The summed E-state index contributed by atoms with van der Waals surface area (Å²) in [4.78, 5) is 14.6. The Balaban J connectivity index is 2.96. The Kier molecular flexibility index (Phi) is 3.96. The summed E-state index contributed by atoms with van der Waals surface area (Å²) in [5, 5.41) is 2.75. The molecule has 0 spiro atoms. The Labute approximate surface area is 97.2 Å². The van der Waals surface area contributed by atoms with Crippen LogP contribution >= 0.6 is 11.6 Å². The molecule has 16 heavy (non-hydrogen) atoms. The van der Waals surface area contributed by atoms with E-state index >= 15 is 0 Å². The second kappa shape index (κ2) is 5.22. The van der Waals surface area contributed by atoms with Gasteiger partial charge in [0.15, 0.2) is 5.96 Å². The molecule has 0 aliphatic rings. The van der Waals surface area contributed by atoms with E-state index in [0.717, 1.165) is 0 Å². The van der Waals surface area contributed by atoms with Crippen molar-refractivity contribution in [3.63, 3.8) is 0 Å². The van der Waals surface area contributed by atoms with Gasteiger partial charge in [-0.1, -0.05) is 17.7 Å². The number of hydrogen-bond acceptors (Lipinski definition) is 2. The van der Waals surface area contributed by atoms with E-state index in [1.165, 1.54) is 7.11 Å². The van der Waals surface area contributed by atoms with Gasteiger partial charge < -0.3 is 21.5 Å². The summed E-state index contributed by atoms with van der Waals surface area (Å²) < 4.78 is 5.02. The van der Waals surface area contributed by atoms with Crippen LogP contribution in [0, 0.1) is 0 Å². The number of para-hydroxylation sites is 1. The molecule has 0 bridgehead atoms. The van der Waals surface area contributed by atoms with Gasteiger partial charge in [0.05, 0.1) is 12.1 Å². The number of hydrogen-bond donors (Lipinski definition) is 3. The van der Waals surface area contributed by atoms with Gasteiger partial charge in [-0.25, -0.2) is 4.79 Å². The standard InChI is InChI=1S/C9H11ClN4O2/c1-16-6-4-2-3-5(10)7(6)13-9(15)14-8(11)12/h2-4H,1H3,(H5,11,12,13,14,15). The van der Waals surface area contributed by atoms with Gasteiger partial charge >= 0.3 is 6.03 Å². The van der Waals surface area contributed by atoms with Gasteiger partial charge in [0.25, 0.3) is 0 Å². The Morgan fingerprint density at radius 1 is 1.50 bits per heavy atom. The highest BCUT2D eigenvalue weighted by molar-refractivity contribution is 6.34. The van der Waals surface area contributed by atoms with Gasteiger partial charge in [0, 0.05) is 0 Å². The number of carbonyl (C=O) groups is 1. The Bertz CT molecular complexity index is 430. The van der Waals surface area contributed by atoms with Crippen molar-refractivity contribution in [1.82, 2.24) is 0 Å². The van der Waals surface area contributed by atoms with E-state index in [-0.39, 0.29) is 5.96 Å². The van der Waals surface area contributed by atoms with Crippen molar-refractivity contribution in [1.29, 1.82) is 0 Å². The maximum atomic E-state index is 11.3. The Morgan fingerprint density at radius 2 is 2.19 bits per heavy atom. The number of ether oxygens (including phenoxy) is 1. The first-order valence-corrected chi connectivity index (χ1v) is 4.65. The molecule has 0 heterocycles. The van der Waals surface area contributed by atoms with E-state index in [4.69, 9.17) is 27.8 Å². The lowest BCUT2D eigenvalue weighted by Gasteiger charge is -2.09. The lowest BCUT2D eigenvalue weighted by Crippen LogP contribution is -2.25. The fourth-order valence-electron chi connectivity index (χ4n) is 1.05. The van der Waals surface area contributed by atoms with Gasteiger partial charge in [0.1, 0.15) is 11.4 Å². The van der Waals surface area contributed by atoms with Crippen molar-refractivity contribution in [2.24, 2.45) is 16.5 Å². The molecule has 0 radical (unpaired) electrons. The summed E-state index contributed by atoms with van der Waals surface area (Å²) in [6, 6.07) is 4.23. The maximum Gasteiger partial charge on any atom is 0.348 e. The predicted molar refractivity (Wildman–Crippen MR) is 62.8 cm³/mol. The molecule has 2 amide bonds. The molecule has 0 aromatic heterocycles. The van der Waals surface area contributed by atoms with Crippen molar-refractivity contribution < 1.29 is 9.53 Å². The van der Waals surface area contributed by atoms with Crippen LogP contribution in [0.25, 0.3) is 0 Å². The second-order valence-corrected chi connectivity index (χ2v) is 3.19. The topological polar surface area (TPSA) is 103 Å². The SMILES string of the molecule is COc1cccc(Cl)c1NC(=O)N=C(N)N. The van der Waals surface area contributed by atoms with Gasteiger partial charge in [-0.2, -0.15) is 4.99 Å². The van der Waals surface area contributed by atoms with Crippen molar-refractivity contribution in [3.8, 4) is 5.75 Å². The van der Waals surface area contributed by atoms with Crippen molar-refractivity contribution in [3.05, 3.63) is 23.2 Å². The number of rotatable bonds is 2. The molecule has 86 valence electrons. The molecule has 1 aromatic rings. The average Bonchev–Trinajstić information content (AvgIpc) is 2.20. The van der Waals surface area contributed by atoms with E-state index in [1.54, 1.807) is 18.2 Å². The summed E-state index contributed by atoms with van der Waals surface area (Å²) in [6.07, 6.45) is 0. The number of nitrogens with zero attached hydrogens (tertiary/aromatic N) is 1. The Hall–Kier alpha value is -1.95. The quantitative estimate of drug-likeness (QED) is 0.535. The minimum absolute atomic E-state index is 0.321. The van der Waals surface area contributed by atoms with Crippen LogP contribution in [0.3, 0.4) is 0 Å². The highest BCUT2D eigenvalue weighted by Gasteiger charge is 2.10. The predicted octanol–water partition coefficient (Wildman–Crippen LogP) is 1.15. The number of anilines is 1. The van der Waals surface area contributed by atoms with Crippen LogP contribution in [0.2, 0.25) is 5.02 Å². The molecule has 1 aromatic carbocycles. The molecular formula is C9H11ClN4O2. The minimum atomic E-state index is -0.716. The zero-order valence-corrected chi connectivity index (χ0v) is 9.28. The zero-order valence-electron chi connectivity index (χ0n) is 8.53. The largest absolute Gasteiger partial charge is 0.495 e. The number of amides is 2. The number of benzene rings is 1. The smallest absolute Gasteiger partial charge is 0.348 e. The van der Waals surface area contributed by atoms with Gasteiger partial charge in [-0.3, -0.25) is 0 Å². The highest BCUT2D eigenvalue weighted by atomic mass is 35.5. The fourth-order valence-corrected chi connectivity index (χ4v) is 1.26. The van der Waals surface area contributed by atoms with Crippen LogP contribution in [-0.4, -0.2) is 19.1 Å². The van der Waals surface area contributed by atoms with Crippen molar-refractivity contribution in [2.45, 2.75) is 0 Å². The maximum absolute atomic E-state index is 11.3. The molecule has 0 aliphatic carbocycles. The number of guanidine groups is 1. The summed E-state index contributed by atoms with van der Waals surface area (Å²) >= 11 is 5.88. The number of nitrogens with two attached hydrogens (primary N) is 2. The number of urea groups is 1. The number of halogens is 1. The van der Waals surface area contributed by atoms with Crippen LogP contribution < -0.4 is 21.5 Å². The first-order chi connectivity index (χ1) is 7.54. The number of nitrogens with one attached hydrogen (secondary N) is 1. The summed E-state index contributed by atoms with van der Waals surface area (Å²) in [5.74, 6) is 0.0927. The number of methoxy groups -OCH3 is 1. The van der Waals surface area contributed by atoms with E-state index in [9.17, 15) is 4.79 Å². The van der Waals surface area contributed by atoms with E-state index in [1.807, 2.05) is 0 Å². The normalized spacial score (nSPS) is 9.38. The van der Waals surface area contributed by atoms with Crippen LogP contribution in [0.1, 0.15) is 0 Å². The Morgan fingerprint density at radius 3 is 2.75 bits per heavy atom. The fraction of sp³-hybridized carbons (Fsp3) is 0.111. The molecule has 0 atom stereocenters. The van der Waals surface area contributed by atoms with Gasteiger partial charge in [-0.05, 0) is 12.1 Å². The molecule has 1 rings (SSSR count). The highest BCUT2D eigenvalue weighted by Crippen LogP contribution is 2.31. The van der Waals surface area contributed by atoms with Crippen LogP contribution in [0.4, 0.5) is 10.5 Å². The third-order valence-corrected chi connectivity index (χ3v) is 1.97. The van der Waals surface area contributed by atoms with Crippen molar-refractivity contribution >= 4 is 29.3 Å². The van der Waals surface area contributed by atoms with Gasteiger partial charge in [-0.15, -0.1) is 0 Å². The summed E-state index contributed by atoms with van der Waals surface area (Å²) in [5.41, 5.74) is 10.4. The molecule has 0 aliphatic heterocycles. The molecule has 0 saturated heterocycles. The first-order valence-electron chi connectivity index (χ1n) is 4.27. The zero-order chi connectivity index (χ0) is 12.1. The van der Waals surface area contributed by atoms with Crippen molar-refractivity contribution in [2.75, 3.05) is 12.4 Å². The van der Waals surface area contributed by atoms with E-state index in [2.05, 4.69) is 10.3 Å². The third kappa shape index (κ3) is 3.03. The van der Waals surface area contributed by atoms with Crippen LogP contribution in [0.15, 0.2) is 23.2 Å². The number of aliphatic imine (C=N–C) groups is 1. The van der Waals surface area contributed by atoms with E-state index < -0.39 is 6.03 Å². The third-order valence-electron chi connectivity index (χ3n) is 1.66. The lowest BCUT2D eigenvalue weighted by molar-refractivity contribution is 0.259. The van der Waals surface area contributed by atoms with E-state index in [0.29, 0.717) is 16.5 Å². The molecule has 0 unspecified atom stereocenters. The molecule has 0 saturated carbocycles. The van der Waals surface area contributed by atoms with Crippen LogP contribution in [0.5, 0.6) is 5.75 Å². The summed E-state index contributed by atoms with van der Waals surface area (Å²) in [6.45, 7) is 0. The molecule has 5 N–H and O–H groups in total. The molecule has 6 nitrogen and oxygen atoms in total. The van der Waals surface area contributed by atoms with Crippen LogP contribution in [-0.2, 0) is 0 Å². The summed E-state index contributed by atoms with van der Waals surface area (Å²) in [7, 11) is 1.46. The molecule has 0 fully saturated rings. The minimum Gasteiger partial charge on any atom is -0.495 e. The molecule has 7 heteroatoms. The second-order valence-electron chi connectivity index (χ2n) is 2.78. The monoisotopic (exact) mass is 242 g/mol. The first kappa shape index (κ1) is 12.1. The average molecular weight is 243 g/mol. The number of carbonyl (C=O) groups excluding carboxylic acids is 1.